The van der Waals surface area contributed by atoms with Crippen molar-refractivity contribution in [1.29, 1.82) is 0 Å². The van der Waals surface area contributed by atoms with E-state index in [2.05, 4.69) is 0 Å². The maximum atomic E-state index is 12.7. The number of aliphatic hydroxyl groups excluding tert-OH is 1. The lowest BCUT2D eigenvalue weighted by Crippen LogP contribution is -2.60. The van der Waals surface area contributed by atoms with Crippen molar-refractivity contribution in [2.45, 2.75) is 43.9 Å². The van der Waals surface area contributed by atoms with Gasteiger partial charge in [-0.1, -0.05) is 0 Å². The molecule has 0 aromatic rings. The fourth-order valence-corrected chi connectivity index (χ4v) is 3.98. The lowest BCUT2D eigenvalue weighted by atomic mass is 10.1. The summed E-state index contributed by atoms with van der Waals surface area (Å²) in [4.78, 5) is 27.0. The first kappa shape index (κ1) is 16.4. The molecule has 2 amide bonds. The lowest BCUT2D eigenvalue weighted by Gasteiger charge is -2.44. The Morgan fingerprint density at radius 1 is 1.43 bits per heavy atom. The van der Waals surface area contributed by atoms with E-state index in [1.165, 1.54) is 16.7 Å². The van der Waals surface area contributed by atoms with E-state index in [1.807, 2.05) is 20.8 Å². The summed E-state index contributed by atoms with van der Waals surface area (Å²) in [6.45, 7) is 6.03. The molecule has 0 aliphatic carbocycles. The number of carbonyl (C=O) groups excluding carboxylic acids is 1. The number of aliphatic carboxylic acids is 1. The summed E-state index contributed by atoms with van der Waals surface area (Å²) in [5.41, 5.74) is -0.559. The summed E-state index contributed by atoms with van der Waals surface area (Å²) in [6.07, 6.45) is -0.438. The minimum atomic E-state index is -0.980. The van der Waals surface area contributed by atoms with Crippen LogP contribution in [0.2, 0.25) is 0 Å². The zero-order valence-corrected chi connectivity index (χ0v) is 13.3. The van der Waals surface area contributed by atoms with Gasteiger partial charge in [-0.25, -0.2) is 9.59 Å². The molecule has 0 spiro atoms. The van der Waals surface area contributed by atoms with Gasteiger partial charge >= 0.3 is 12.0 Å². The molecule has 0 saturated carbocycles. The quantitative estimate of drug-likeness (QED) is 0.767. The maximum absolute atomic E-state index is 12.7. The topological polar surface area (TPSA) is 90.3 Å². The predicted octanol–water partition coefficient (Wildman–Crippen LogP) is 0.426. The Balaban J connectivity index is 2.16. The number of carbonyl (C=O) groups is 2. The Bertz CT molecular complexity index is 431. The summed E-state index contributed by atoms with van der Waals surface area (Å²) in [5.74, 6) is -0.578. The highest BCUT2D eigenvalue weighted by atomic mass is 32.2. The van der Waals surface area contributed by atoms with Gasteiger partial charge in [-0.3, -0.25) is 4.90 Å². The first-order chi connectivity index (χ1) is 9.75. The van der Waals surface area contributed by atoms with E-state index in [0.717, 1.165) is 0 Å². The second-order valence-electron chi connectivity index (χ2n) is 6.04. The molecule has 2 fully saturated rings. The highest BCUT2D eigenvalue weighted by molar-refractivity contribution is 8.00. The Hall–Kier alpha value is -0.990. The number of carboxylic acid groups (broad SMARTS) is 1. The van der Waals surface area contributed by atoms with Crippen molar-refractivity contribution >= 4 is 23.8 Å². The van der Waals surface area contributed by atoms with Crippen LogP contribution in [0.15, 0.2) is 0 Å². The zero-order valence-electron chi connectivity index (χ0n) is 12.5. The van der Waals surface area contributed by atoms with Crippen molar-refractivity contribution in [2.24, 2.45) is 0 Å². The first-order valence-electron chi connectivity index (χ1n) is 6.95. The third kappa shape index (κ3) is 3.44. The monoisotopic (exact) mass is 318 g/mol. The van der Waals surface area contributed by atoms with Gasteiger partial charge in [0.2, 0.25) is 0 Å². The van der Waals surface area contributed by atoms with Crippen LogP contribution in [0.1, 0.15) is 20.8 Å². The van der Waals surface area contributed by atoms with Crippen molar-refractivity contribution in [1.82, 2.24) is 9.80 Å². The molecule has 2 heterocycles. The minimum absolute atomic E-state index is 0.167. The summed E-state index contributed by atoms with van der Waals surface area (Å²) >= 11 is 1.46. The summed E-state index contributed by atoms with van der Waals surface area (Å²) in [6, 6.07) is -1.09. The van der Waals surface area contributed by atoms with E-state index in [4.69, 9.17) is 4.74 Å². The van der Waals surface area contributed by atoms with Gasteiger partial charge in [-0.15, -0.1) is 11.8 Å². The van der Waals surface area contributed by atoms with Crippen molar-refractivity contribution in [3.63, 3.8) is 0 Å². The van der Waals surface area contributed by atoms with Gasteiger partial charge in [-0.2, -0.15) is 0 Å². The van der Waals surface area contributed by atoms with Crippen molar-refractivity contribution in [2.75, 3.05) is 25.4 Å². The molecule has 0 bridgehead atoms. The Morgan fingerprint density at radius 2 is 2.10 bits per heavy atom. The number of morpholine rings is 1. The number of rotatable bonds is 2. The number of hydrogen-bond acceptors (Lipinski definition) is 5. The number of nitrogens with zero attached hydrogens (tertiary/aromatic N) is 2. The van der Waals surface area contributed by atoms with Crippen LogP contribution in [-0.2, 0) is 9.53 Å². The number of hydrogen-bond donors (Lipinski definition) is 2. The highest BCUT2D eigenvalue weighted by Crippen LogP contribution is 2.31. The lowest BCUT2D eigenvalue weighted by molar-refractivity contribution is -0.145. The van der Waals surface area contributed by atoms with Gasteiger partial charge in [0.1, 0.15) is 6.04 Å². The van der Waals surface area contributed by atoms with E-state index >= 15 is 0 Å². The highest BCUT2D eigenvalue weighted by Gasteiger charge is 2.44. The second-order valence-corrected chi connectivity index (χ2v) is 7.39. The Kier molecular flexibility index (Phi) is 4.69. The first-order valence-corrected chi connectivity index (χ1v) is 8.00. The molecule has 2 rings (SSSR count). The van der Waals surface area contributed by atoms with E-state index in [0.29, 0.717) is 12.3 Å². The van der Waals surface area contributed by atoms with Crippen molar-refractivity contribution < 1.29 is 24.5 Å². The number of carboxylic acids is 1. The van der Waals surface area contributed by atoms with Crippen LogP contribution < -0.4 is 0 Å². The molecule has 0 radical (unpaired) electrons. The van der Waals surface area contributed by atoms with Crippen LogP contribution in [0.3, 0.4) is 0 Å². The number of ether oxygens (including phenoxy) is 1. The molecule has 3 unspecified atom stereocenters. The molecule has 21 heavy (non-hydrogen) atoms. The Morgan fingerprint density at radius 3 is 2.67 bits per heavy atom. The van der Waals surface area contributed by atoms with Crippen LogP contribution in [0.4, 0.5) is 4.79 Å². The smallest absolute Gasteiger partial charge is 0.327 e. The fraction of sp³-hybridized carbons (Fsp3) is 0.846. The molecule has 2 aliphatic heterocycles. The van der Waals surface area contributed by atoms with Crippen LogP contribution in [0.5, 0.6) is 0 Å². The summed E-state index contributed by atoms with van der Waals surface area (Å²) in [7, 11) is 0. The molecule has 2 saturated heterocycles. The van der Waals surface area contributed by atoms with Crippen LogP contribution in [-0.4, -0.2) is 80.6 Å². The molecule has 0 aromatic carbocycles. The van der Waals surface area contributed by atoms with Gasteiger partial charge < -0.3 is 19.8 Å². The average molecular weight is 318 g/mol. The van der Waals surface area contributed by atoms with Crippen LogP contribution in [0.25, 0.3) is 0 Å². The maximum Gasteiger partial charge on any atom is 0.327 e. The predicted molar refractivity (Wildman–Crippen MR) is 78.2 cm³/mol. The van der Waals surface area contributed by atoms with Crippen LogP contribution >= 0.6 is 11.8 Å². The van der Waals surface area contributed by atoms with Crippen molar-refractivity contribution in [3.05, 3.63) is 0 Å². The molecular weight excluding hydrogens is 296 g/mol. The second kappa shape index (κ2) is 6.02. The molecule has 3 atom stereocenters. The fourth-order valence-electron chi connectivity index (χ4n) is 2.82. The van der Waals surface area contributed by atoms with Gasteiger partial charge in [0, 0.05) is 5.75 Å². The summed E-state index contributed by atoms with van der Waals surface area (Å²) < 4.78 is 5.68. The summed E-state index contributed by atoms with van der Waals surface area (Å²) in [5, 5.41) is 18.4. The molecular formula is C13H22N2O5S. The SMILES string of the molecule is CC1SCC(C(=O)O)N1C(=O)N1CC(CO)OC(C)(C)C1. The van der Waals surface area contributed by atoms with E-state index in [-0.39, 0.29) is 24.6 Å². The van der Waals surface area contributed by atoms with E-state index < -0.39 is 23.7 Å². The van der Waals surface area contributed by atoms with E-state index in [1.54, 1.807) is 4.90 Å². The van der Waals surface area contributed by atoms with Gasteiger partial charge in [0.15, 0.2) is 0 Å². The third-order valence-electron chi connectivity index (χ3n) is 3.68. The average Bonchev–Trinajstić information content (AvgIpc) is 2.78. The molecule has 2 N–H and O–H groups in total. The number of urea groups is 1. The molecule has 120 valence electrons. The van der Waals surface area contributed by atoms with Gasteiger partial charge in [0.05, 0.1) is 36.8 Å². The van der Waals surface area contributed by atoms with Gasteiger partial charge in [0.25, 0.3) is 0 Å². The number of amides is 2. The minimum Gasteiger partial charge on any atom is -0.480 e. The molecule has 8 heteroatoms. The molecule has 2 aliphatic rings. The normalized spacial score (nSPS) is 32.3. The number of thioether (sulfide) groups is 1. The Labute approximate surface area is 128 Å². The molecule has 0 aromatic heterocycles. The largest absolute Gasteiger partial charge is 0.480 e. The van der Waals surface area contributed by atoms with Crippen molar-refractivity contribution in [3.8, 4) is 0 Å². The third-order valence-corrected chi connectivity index (χ3v) is 4.90. The van der Waals surface area contributed by atoms with Gasteiger partial charge in [-0.05, 0) is 20.8 Å². The molecule has 7 nitrogen and oxygen atoms in total. The zero-order chi connectivity index (χ0) is 15.8. The standard InChI is InChI=1S/C13H22N2O5S/c1-8-15(10(6-21-8)11(17)18)12(19)14-4-9(5-16)20-13(2,3)7-14/h8-10,16H,4-7H2,1-3H3,(H,17,18). The van der Waals surface area contributed by atoms with Crippen LogP contribution in [0, 0.1) is 0 Å². The van der Waals surface area contributed by atoms with E-state index in [9.17, 15) is 19.8 Å². The number of aliphatic hydroxyl groups is 1.